The lowest BCUT2D eigenvalue weighted by atomic mass is 10.0. The maximum atomic E-state index is 4.00. The summed E-state index contributed by atoms with van der Waals surface area (Å²) in [6.45, 7) is 4.44. The van der Waals surface area contributed by atoms with E-state index in [-0.39, 0.29) is 0 Å². The van der Waals surface area contributed by atoms with Crippen LogP contribution in [0.5, 0.6) is 0 Å². The highest BCUT2D eigenvalue weighted by molar-refractivity contribution is 5.41. The second-order valence-corrected chi connectivity index (χ2v) is 8.32. The molecule has 158 valence electrons. The molecule has 0 saturated carbocycles. The van der Waals surface area contributed by atoms with Crippen LogP contribution < -0.4 is 0 Å². The van der Waals surface area contributed by atoms with Crippen LogP contribution in [-0.2, 0) is 13.0 Å². The molecule has 31 heavy (non-hydrogen) atoms. The topological polar surface area (TPSA) is 32.3 Å². The van der Waals surface area contributed by atoms with E-state index in [9.17, 15) is 0 Å². The Morgan fingerprint density at radius 1 is 0.935 bits per heavy atom. The van der Waals surface area contributed by atoms with Crippen LogP contribution in [0.2, 0.25) is 0 Å². The molecule has 0 unspecified atom stereocenters. The highest BCUT2D eigenvalue weighted by Crippen LogP contribution is 2.18. The molecular weight excluding hydrogens is 380 g/mol. The summed E-state index contributed by atoms with van der Waals surface area (Å²) in [7, 11) is 2.28. The zero-order chi connectivity index (χ0) is 21.3. The van der Waals surface area contributed by atoms with Crippen molar-refractivity contribution < 1.29 is 0 Å². The summed E-state index contributed by atoms with van der Waals surface area (Å²) in [5.41, 5.74) is 4.62. The van der Waals surface area contributed by atoms with Gasteiger partial charge in [-0.15, -0.1) is 0 Å². The number of likely N-dealkylation sites (N-methyl/N-ethyl adjacent to an activating group) is 1. The third-order valence-electron chi connectivity index (χ3n) is 5.97. The minimum absolute atomic E-state index is 0.635. The van der Waals surface area contributed by atoms with Crippen LogP contribution in [0.4, 0.5) is 0 Å². The minimum Gasteiger partial charge on any atom is -0.302 e. The van der Waals surface area contributed by atoms with E-state index in [2.05, 4.69) is 93.3 Å². The van der Waals surface area contributed by atoms with Crippen LogP contribution in [0.15, 0.2) is 73.3 Å². The van der Waals surface area contributed by atoms with Crippen LogP contribution in [0.1, 0.15) is 35.1 Å². The van der Waals surface area contributed by atoms with Gasteiger partial charge in [0.25, 0.3) is 0 Å². The normalized spacial score (nSPS) is 16.6. The van der Waals surface area contributed by atoms with Crippen molar-refractivity contribution in [1.82, 2.24) is 19.8 Å². The molecule has 0 bridgehead atoms. The smallest absolute Gasteiger partial charge is 0.115 e. The van der Waals surface area contributed by atoms with Gasteiger partial charge in [-0.2, -0.15) is 0 Å². The first-order chi connectivity index (χ1) is 15.3. The molecule has 0 radical (unpaired) electrons. The summed E-state index contributed by atoms with van der Waals surface area (Å²) in [5, 5.41) is 0. The van der Waals surface area contributed by atoms with Crippen molar-refractivity contribution in [3.05, 3.63) is 95.6 Å². The summed E-state index contributed by atoms with van der Waals surface area (Å²) >= 11 is 0. The summed E-state index contributed by atoms with van der Waals surface area (Å²) in [4.78, 5) is 13.1. The number of rotatable bonds is 6. The van der Waals surface area contributed by atoms with Gasteiger partial charge in [-0.1, -0.05) is 54.3 Å². The van der Waals surface area contributed by atoms with Gasteiger partial charge in [-0.05, 0) is 56.1 Å². The SMILES string of the molecule is CN(CCc1ccccc1)[C@@H]1CCCN(Cc2ccc(C#Cc3cncnc3)cc2)C1. The van der Waals surface area contributed by atoms with Crippen molar-refractivity contribution in [2.24, 2.45) is 0 Å². The largest absolute Gasteiger partial charge is 0.302 e. The van der Waals surface area contributed by atoms with Crippen molar-refractivity contribution in [3.63, 3.8) is 0 Å². The predicted molar refractivity (Wildman–Crippen MR) is 126 cm³/mol. The van der Waals surface area contributed by atoms with Gasteiger partial charge in [0.15, 0.2) is 0 Å². The molecule has 1 aliphatic heterocycles. The molecule has 1 fully saturated rings. The second kappa shape index (κ2) is 10.9. The van der Waals surface area contributed by atoms with E-state index in [1.54, 1.807) is 12.4 Å². The fourth-order valence-electron chi connectivity index (χ4n) is 4.13. The number of aromatic nitrogens is 2. The predicted octanol–water partition coefficient (Wildman–Crippen LogP) is 4.02. The molecule has 0 N–H and O–H groups in total. The van der Waals surface area contributed by atoms with Crippen LogP contribution in [-0.4, -0.2) is 52.5 Å². The van der Waals surface area contributed by atoms with E-state index in [0.29, 0.717) is 6.04 Å². The van der Waals surface area contributed by atoms with Gasteiger partial charge in [0.1, 0.15) is 6.33 Å². The number of piperidine rings is 1. The van der Waals surface area contributed by atoms with Crippen LogP contribution >= 0.6 is 0 Å². The van der Waals surface area contributed by atoms with E-state index >= 15 is 0 Å². The molecule has 1 saturated heterocycles. The molecule has 3 aromatic rings. The first-order valence-corrected chi connectivity index (χ1v) is 11.1. The lowest BCUT2D eigenvalue weighted by Crippen LogP contribution is -2.46. The van der Waals surface area contributed by atoms with Crippen molar-refractivity contribution in [1.29, 1.82) is 0 Å². The van der Waals surface area contributed by atoms with E-state index in [4.69, 9.17) is 0 Å². The van der Waals surface area contributed by atoms with Gasteiger partial charge < -0.3 is 4.90 Å². The Kier molecular flexibility index (Phi) is 7.44. The summed E-state index contributed by atoms with van der Waals surface area (Å²) in [6, 6.07) is 20.1. The summed E-state index contributed by atoms with van der Waals surface area (Å²) < 4.78 is 0. The van der Waals surface area contributed by atoms with Crippen molar-refractivity contribution >= 4 is 0 Å². The van der Waals surface area contributed by atoms with Gasteiger partial charge in [0.05, 0.1) is 5.56 Å². The van der Waals surface area contributed by atoms with Gasteiger partial charge in [0.2, 0.25) is 0 Å². The molecule has 1 aromatic heterocycles. The van der Waals surface area contributed by atoms with Crippen molar-refractivity contribution in [3.8, 4) is 11.8 Å². The monoisotopic (exact) mass is 410 g/mol. The molecule has 4 heteroatoms. The quantitative estimate of drug-likeness (QED) is 0.575. The Hall–Kier alpha value is -3.00. The van der Waals surface area contributed by atoms with Crippen LogP contribution in [0.25, 0.3) is 0 Å². The zero-order valence-corrected chi connectivity index (χ0v) is 18.2. The number of hydrogen-bond acceptors (Lipinski definition) is 4. The van der Waals surface area contributed by atoms with E-state index in [1.807, 2.05) is 0 Å². The van der Waals surface area contributed by atoms with Gasteiger partial charge in [0, 0.05) is 43.6 Å². The second-order valence-electron chi connectivity index (χ2n) is 8.32. The highest BCUT2D eigenvalue weighted by atomic mass is 15.2. The minimum atomic E-state index is 0.635. The molecule has 4 nitrogen and oxygen atoms in total. The Bertz CT molecular complexity index is 990. The number of hydrogen-bond donors (Lipinski definition) is 0. The average Bonchev–Trinajstić information content (AvgIpc) is 2.83. The molecule has 0 aliphatic carbocycles. The Labute approximate surface area is 186 Å². The number of likely N-dealkylation sites (tertiary alicyclic amines) is 1. The lowest BCUT2D eigenvalue weighted by molar-refractivity contribution is 0.112. The zero-order valence-electron chi connectivity index (χ0n) is 18.2. The first-order valence-electron chi connectivity index (χ1n) is 11.1. The van der Waals surface area contributed by atoms with Gasteiger partial charge in [-0.3, -0.25) is 4.90 Å². The Morgan fingerprint density at radius 2 is 1.68 bits per heavy atom. The van der Waals surface area contributed by atoms with E-state index in [0.717, 1.165) is 37.2 Å². The number of nitrogens with zero attached hydrogens (tertiary/aromatic N) is 4. The van der Waals surface area contributed by atoms with E-state index < -0.39 is 0 Å². The first kappa shape index (κ1) is 21.2. The molecule has 4 rings (SSSR count). The molecule has 1 atom stereocenters. The van der Waals surface area contributed by atoms with E-state index in [1.165, 1.54) is 36.8 Å². The maximum Gasteiger partial charge on any atom is 0.115 e. The molecule has 0 spiro atoms. The summed E-state index contributed by atoms with van der Waals surface area (Å²) in [6.07, 6.45) is 8.66. The fourth-order valence-corrected chi connectivity index (χ4v) is 4.13. The van der Waals surface area contributed by atoms with Crippen LogP contribution in [0.3, 0.4) is 0 Å². The average molecular weight is 411 g/mol. The standard InChI is InChI=1S/C27H30N4/c1-30(17-15-23-6-3-2-4-7-23)27-8-5-16-31(21-27)20-25-12-9-24(10-13-25)11-14-26-18-28-22-29-19-26/h2-4,6-7,9-10,12-13,18-19,22,27H,5,8,15-17,20-21H2,1H3/t27-/m1/s1. The Morgan fingerprint density at radius 3 is 2.45 bits per heavy atom. The third kappa shape index (κ3) is 6.49. The molecule has 0 amide bonds. The maximum absolute atomic E-state index is 4.00. The van der Waals surface area contributed by atoms with Crippen molar-refractivity contribution in [2.45, 2.75) is 31.8 Å². The van der Waals surface area contributed by atoms with Gasteiger partial charge >= 0.3 is 0 Å². The molecular formula is C27H30N4. The Balaban J connectivity index is 1.28. The highest BCUT2D eigenvalue weighted by Gasteiger charge is 2.23. The third-order valence-corrected chi connectivity index (χ3v) is 5.97. The van der Waals surface area contributed by atoms with Crippen molar-refractivity contribution in [2.75, 3.05) is 26.7 Å². The summed E-state index contributed by atoms with van der Waals surface area (Å²) in [5.74, 6) is 6.30. The number of benzene rings is 2. The molecule has 1 aliphatic rings. The van der Waals surface area contributed by atoms with Crippen LogP contribution in [0, 0.1) is 11.8 Å². The fraction of sp³-hybridized carbons (Fsp3) is 0.333. The lowest BCUT2D eigenvalue weighted by Gasteiger charge is -2.37. The molecule has 2 heterocycles. The van der Waals surface area contributed by atoms with Gasteiger partial charge in [-0.25, -0.2) is 9.97 Å². The molecule has 2 aromatic carbocycles.